The van der Waals surface area contributed by atoms with E-state index in [1.165, 1.54) is 18.4 Å². The molecule has 0 aromatic heterocycles. The predicted octanol–water partition coefficient (Wildman–Crippen LogP) is 4.84. The molecule has 1 atom stereocenters. The number of rotatable bonds is 6. The monoisotopic (exact) mass is 338 g/mol. The highest BCUT2D eigenvalue weighted by Gasteiger charge is 2.34. The van der Waals surface area contributed by atoms with E-state index in [-0.39, 0.29) is 12.1 Å². The molecular formula is C21H26N2O2. The summed E-state index contributed by atoms with van der Waals surface area (Å²) in [6.07, 6.45) is 2.41. The summed E-state index contributed by atoms with van der Waals surface area (Å²) in [6, 6.07) is 16.0. The lowest BCUT2D eigenvalue weighted by Crippen LogP contribution is -2.42. The van der Waals surface area contributed by atoms with Gasteiger partial charge in [0.05, 0.1) is 7.11 Å². The topological polar surface area (TPSA) is 41.6 Å². The minimum absolute atomic E-state index is 0.0425. The Balaban J connectivity index is 1.73. The van der Waals surface area contributed by atoms with E-state index in [2.05, 4.69) is 12.2 Å². The molecule has 4 nitrogen and oxygen atoms in total. The molecule has 4 heteroatoms. The van der Waals surface area contributed by atoms with E-state index in [0.717, 1.165) is 17.0 Å². The van der Waals surface area contributed by atoms with Gasteiger partial charge in [-0.2, -0.15) is 0 Å². The van der Waals surface area contributed by atoms with Crippen LogP contribution in [0.4, 0.5) is 10.5 Å². The van der Waals surface area contributed by atoms with Crippen LogP contribution >= 0.6 is 0 Å². The van der Waals surface area contributed by atoms with E-state index >= 15 is 0 Å². The molecular weight excluding hydrogens is 312 g/mol. The molecule has 2 aromatic carbocycles. The van der Waals surface area contributed by atoms with E-state index in [1.807, 2.05) is 60.4 Å². The number of hydrogen-bond acceptors (Lipinski definition) is 2. The number of nitrogens with zero attached hydrogens (tertiary/aromatic N) is 1. The molecule has 2 aromatic rings. The normalized spacial score (nSPS) is 14.7. The first-order valence-corrected chi connectivity index (χ1v) is 8.84. The fourth-order valence-corrected chi connectivity index (χ4v) is 2.99. The quantitative estimate of drug-likeness (QED) is 0.819. The van der Waals surface area contributed by atoms with Crippen LogP contribution in [0.15, 0.2) is 48.5 Å². The van der Waals surface area contributed by atoms with Crippen molar-refractivity contribution in [2.24, 2.45) is 5.92 Å². The van der Waals surface area contributed by atoms with Gasteiger partial charge in [0.25, 0.3) is 0 Å². The lowest BCUT2D eigenvalue weighted by Gasteiger charge is -2.30. The van der Waals surface area contributed by atoms with Gasteiger partial charge in [-0.15, -0.1) is 0 Å². The number of ether oxygens (including phenoxy) is 1. The molecule has 0 aliphatic heterocycles. The molecule has 1 saturated carbocycles. The van der Waals surface area contributed by atoms with Gasteiger partial charge < -0.3 is 15.0 Å². The Morgan fingerprint density at radius 2 is 1.80 bits per heavy atom. The second-order valence-corrected chi connectivity index (χ2v) is 6.85. The molecule has 132 valence electrons. The van der Waals surface area contributed by atoms with E-state index in [4.69, 9.17) is 4.74 Å². The van der Waals surface area contributed by atoms with Crippen molar-refractivity contribution in [1.82, 2.24) is 4.90 Å². The minimum atomic E-state index is -0.0425. The highest BCUT2D eigenvalue weighted by Crippen LogP contribution is 2.36. The molecule has 25 heavy (non-hydrogen) atoms. The Hall–Kier alpha value is -2.49. The van der Waals surface area contributed by atoms with Gasteiger partial charge in [-0.1, -0.05) is 29.8 Å². The molecule has 1 N–H and O–H groups in total. The average molecular weight is 338 g/mol. The number of urea groups is 1. The van der Waals surface area contributed by atoms with Gasteiger partial charge in [0.1, 0.15) is 5.75 Å². The van der Waals surface area contributed by atoms with Crippen LogP contribution in [-0.4, -0.2) is 24.1 Å². The first-order chi connectivity index (χ1) is 12.1. The number of aryl methyl sites for hydroxylation is 1. The van der Waals surface area contributed by atoms with Crippen LogP contribution in [0, 0.1) is 12.8 Å². The number of benzene rings is 2. The summed E-state index contributed by atoms with van der Waals surface area (Å²) in [5.41, 5.74) is 3.12. The Morgan fingerprint density at radius 3 is 2.36 bits per heavy atom. The van der Waals surface area contributed by atoms with E-state index in [0.29, 0.717) is 12.5 Å². The summed E-state index contributed by atoms with van der Waals surface area (Å²) >= 11 is 0. The van der Waals surface area contributed by atoms with Gasteiger partial charge in [-0.3, -0.25) is 0 Å². The van der Waals surface area contributed by atoms with Crippen molar-refractivity contribution in [3.63, 3.8) is 0 Å². The standard InChI is InChI=1S/C21H26N2O2/c1-15-4-10-19(11-5-15)22-21(24)23(16(2)18-8-9-18)14-17-6-12-20(25-3)13-7-17/h4-7,10-13,16,18H,8-9,14H2,1-3H3,(H,22,24). The van der Waals surface area contributed by atoms with Crippen LogP contribution in [0.2, 0.25) is 0 Å². The summed E-state index contributed by atoms with van der Waals surface area (Å²) in [5.74, 6) is 1.44. The summed E-state index contributed by atoms with van der Waals surface area (Å²) in [4.78, 5) is 14.8. The molecule has 0 radical (unpaired) electrons. The number of nitrogens with one attached hydrogen (secondary N) is 1. The van der Waals surface area contributed by atoms with Crippen molar-refractivity contribution in [1.29, 1.82) is 0 Å². The zero-order chi connectivity index (χ0) is 17.8. The predicted molar refractivity (Wildman–Crippen MR) is 101 cm³/mol. The fourth-order valence-electron chi connectivity index (χ4n) is 2.99. The number of anilines is 1. The van der Waals surface area contributed by atoms with Gasteiger partial charge in [0, 0.05) is 18.3 Å². The van der Waals surface area contributed by atoms with E-state index < -0.39 is 0 Å². The summed E-state index contributed by atoms with van der Waals surface area (Å²) in [7, 11) is 1.66. The Bertz CT molecular complexity index is 706. The third-order valence-corrected chi connectivity index (χ3v) is 4.87. The number of carbonyl (C=O) groups is 1. The van der Waals surface area contributed by atoms with Crippen molar-refractivity contribution in [2.45, 2.75) is 39.3 Å². The molecule has 0 bridgehead atoms. The summed E-state index contributed by atoms with van der Waals surface area (Å²) in [6.45, 7) is 4.78. The largest absolute Gasteiger partial charge is 0.497 e. The number of amides is 2. The fraction of sp³-hybridized carbons (Fsp3) is 0.381. The van der Waals surface area contributed by atoms with Crippen molar-refractivity contribution in [3.8, 4) is 5.75 Å². The molecule has 1 unspecified atom stereocenters. The summed E-state index contributed by atoms with van der Waals surface area (Å²) < 4.78 is 5.21. The van der Waals surface area contributed by atoms with Crippen LogP contribution in [0.3, 0.4) is 0 Å². The number of hydrogen-bond donors (Lipinski definition) is 1. The van der Waals surface area contributed by atoms with Crippen LogP contribution in [0.25, 0.3) is 0 Å². The maximum atomic E-state index is 12.9. The second kappa shape index (κ2) is 7.60. The molecule has 1 aliphatic carbocycles. The molecule has 2 amide bonds. The Morgan fingerprint density at radius 1 is 1.16 bits per heavy atom. The molecule has 0 heterocycles. The van der Waals surface area contributed by atoms with Crippen molar-refractivity contribution in [2.75, 3.05) is 12.4 Å². The third kappa shape index (κ3) is 4.53. The van der Waals surface area contributed by atoms with Gasteiger partial charge in [-0.25, -0.2) is 4.79 Å². The second-order valence-electron chi connectivity index (χ2n) is 6.85. The highest BCUT2D eigenvalue weighted by molar-refractivity contribution is 5.89. The lowest BCUT2D eigenvalue weighted by atomic mass is 10.1. The molecule has 1 fully saturated rings. The van der Waals surface area contributed by atoms with Gasteiger partial charge in [-0.05, 0) is 62.4 Å². The molecule has 1 aliphatic rings. The minimum Gasteiger partial charge on any atom is -0.497 e. The van der Waals surface area contributed by atoms with Crippen LogP contribution in [0.5, 0.6) is 5.75 Å². The third-order valence-electron chi connectivity index (χ3n) is 4.87. The smallest absolute Gasteiger partial charge is 0.322 e. The van der Waals surface area contributed by atoms with Crippen LogP contribution < -0.4 is 10.1 Å². The summed E-state index contributed by atoms with van der Waals surface area (Å²) in [5, 5.41) is 3.04. The zero-order valence-corrected chi connectivity index (χ0v) is 15.2. The Kier molecular flexibility index (Phi) is 5.27. The first-order valence-electron chi connectivity index (χ1n) is 8.84. The molecule has 0 saturated heterocycles. The number of carbonyl (C=O) groups excluding carboxylic acids is 1. The van der Waals surface area contributed by atoms with Gasteiger partial charge >= 0.3 is 6.03 Å². The van der Waals surface area contributed by atoms with Crippen molar-refractivity contribution < 1.29 is 9.53 Å². The maximum absolute atomic E-state index is 12.9. The molecule has 0 spiro atoms. The van der Waals surface area contributed by atoms with Gasteiger partial charge in [0.15, 0.2) is 0 Å². The maximum Gasteiger partial charge on any atom is 0.322 e. The van der Waals surface area contributed by atoms with E-state index in [1.54, 1.807) is 7.11 Å². The zero-order valence-electron chi connectivity index (χ0n) is 15.2. The highest BCUT2D eigenvalue weighted by atomic mass is 16.5. The van der Waals surface area contributed by atoms with Crippen molar-refractivity contribution in [3.05, 3.63) is 59.7 Å². The van der Waals surface area contributed by atoms with Crippen LogP contribution in [-0.2, 0) is 6.54 Å². The van der Waals surface area contributed by atoms with Gasteiger partial charge in [0.2, 0.25) is 0 Å². The molecule has 3 rings (SSSR count). The average Bonchev–Trinajstić information content (AvgIpc) is 3.46. The SMILES string of the molecule is COc1ccc(CN(C(=O)Nc2ccc(C)cc2)C(C)C2CC2)cc1. The first kappa shape index (κ1) is 17.3. The van der Waals surface area contributed by atoms with E-state index in [9.17, 15) is 4.79 Å². The lowest BCUT2D eigenvalue weighted by molar-refractivity contribution is 0.180. The Labute approximate surface area is 149 Å². The number of methoxy groups -OCH3 is 1. The van der Waals surface area contributed by atoms with Crippen molar-refractivity contribution >= 4 is 11.7 Å². The van der Waals surface area contributed by atoms with Crippen LogP contribution in [0.1, 0.15) is 30.9 Å².